The molecule has 0 spiro atoms. The van der Waals surface area contributed by atoms with Crippen molar-refractivity contribution in [3.05, 3.63) is 215 Å². The van der Waals surface area contributed by atoms with Crippen molar-refractivity contribution >= 4 is 22.1 Å². The average molecular weight is 1010 g/mol. The Bertz CT molecular complexity index is 3570. The van der Waals surface area contributed by atoms with Gasteiger partial charge in [0.15, 0.2) is 11.6 Å². The molecule has 0 radical (unpaired) electrons. The number of aromatic nitrogens is 8. The highest BCUT2D eigenvalue weighted by Gasteiger charge is 2.56. The van der Waals surface area contributed by atoms with Gasteiger partial charge in [0.05, 0.1) is 34.2 Å². The fourth-order valence-electron chi connectivity index (χ4n) is 11.4. The number of fused-ring (bicyclic) bond motifs is 10. The van der Waals surface area contributed by atoms with E-state index in [2.05, 4.69) is 65.5 Å². The normalized spacial score (nSPS) is 19.8. The van der Waals surface area contributed by atoms with E-state index in [4.69, 9.17) is 19.4 Å². The predicted molar refractivity (Wildman–Crippen MR) is 284 cm³/mol. The van der Waals surface area contributed by atoms with Crippen molar-refractivity contribution in [3.63, 3.8) is 0 Å². The number of nitrogens with zero attached hydrogens (tertiary/aromatic N) is 8. The fourth-order valence-corrected chi connectivity index (χ4v) is 11.4. The lowest BCUT2D eigenvalue weighted by molar-refractivity contribution is 0.0682. The third-order valence-electron chi connectivity index (χ3n) is 15.3. The van der Waals surface area contributed by atoms with Crippen LogP contribution in [0.25, 0.3) is 44.3 Å². The lowest BCUT2D eigenvalue weighted by atomic mass is 10.0. The minimum Gasteiger partial charge on any atom is -0.489 e. The first-order chi connectivity index (χ1) is 36.8. The van der Waals surface area contributed by atoms with E-state index in [1.807, 2.05) is 84.9 Å². The molecular weight excluding hydrogens is 959 g/mol. The second-order valence-electron chi connectivity index (χ2n) is 21.6. The summed E-state index contributed by atoms with van der Waals surface area (Å²) in [4.78, 5) is 26.9. The SMILES string of the molecule is CC(C)(O)c1ncc(-c2cc3c(cc2F)nc2n3[C@@H](c3ccccc3OCc3ccccc3)[C@@H]3C[C@H]23)cn1.CC(C)(O)c1ncc(-c2cc3c(cc2F)nc2n3[C@@H](c3ccccc3OCc3ccccc3)[C@H]3C[C@@H]23)cn1. The van der Waals surface area contributed by atoms with Gasteiger partial charge in [-0.1, -0.05) is 97.1 Å². The Morgan fingerprint density at radius 3 is 1.26 bits per heavy atom. The molecule has 380 valence electrons. The topological polar surface area (TPSA) is 146 Å². The molecule has 0 bridgehead atoms. The third-order valence-corrected chi connectivity index (χ3v) is 15.3. The van der Waals surface area contributed by atoms with Crippen molar-refractivity contribution in [2.75, 3.05) is 0 Å². The van der Waals surface area contributed by atoms with E-state index >= 15 is 8.78 Å². The highest BCUT2D eigenvalue weighted by molar-refractivity contribution is 5.85. The smallest absolute Gasteiger partial charge is 0.159 e. The minimum absolute atomic E-state index is 0.0686. The van der Waals surface area contributed by atoms with E-state index < -0.39 is 11.2 Å². The zero-order valence-electron chi connectivity index (χ0n) is 42.3. The van der Waals surface area contributed by atoms with E-state index in [0.717, 1.165) is 69.3 Å². The Kier molecular flexibility index (Phi) is 11.4. The zero-order valence-corrected chi connectivity index (χ0v) is 42.3. The van der Waals surface area contributed by atoms with Gasteiger partial charge >= 0.3 is 0 Å². The maximum atomic E-state index is 15.3. The molecule has 4 aromatic heterocycles. The van der Waals surface area contributed by atoms with Crippen LogP contribution < -0.4 is 9.47 Å². The van der Waals surface area contributed by atoms with Gasteiger partial charge in [0, 0.05) is 82.1 Å². The zero-order chi connectivity index (χ0) is 52.0. The summed E-state index contributed by atoms with van der Waals surface area (Å²) in [7, 11) is 0. The number of rotatable bonds is 12. The van der Waals surface area contributed by atoms with Crippen LogP contribution in [0.3, 0.4) is 0 Å². The second-order valence-corrected chi connectivity index (χ2v) is 21.6. The Morgan fingerprint density at radius 1 is 0.513 bits per heavy atom. The van der Waals surface area contributed by atoms with Crippen LogP contribution in [0.15, 0.2) is 158 Å². The van der Waals surface area contributed by atoms with Gasteiger partial charge in [0.25, 0.3) is 0 Å². The summed E-state index contributed by atoms with van der Waals surface area (Å²) < 4.78 is 47.8. The number of aliphatic hydroxyl groups is 2. The van der Waals surface area contributed by atoms with E-state index in [0.29, 0.717) is 81.8 Å². The van der Waals surface area contributed by atoms with Crippen LogP contribution in [-0.4, -0.2) is 49.3 Å². The lowest BCUT2D eigenvalue weighted by Crippen LogP contribution is -2.19. The quantitative estimate of drug-likeness (QED) is 0.121. The van der Waals surface area contributed by atoms with Gasteiger partial charge in [0.2, 0.25) is 0 Å². The van der Waals surface area contributed by atoms with Crippen LogP contribution in [-0.2, 0) is 24.4 Å². The maximum Gasteiger partial charge on any atom is 0.159 e. The molecule has 10 aromatic rings. The highest BCUT2D eigenvalue weighted by Crippen LogP contribution is 2.64. The van der Waals surface area contributed by atoms with Crippen molar-refractivity contribution in [1.29, 1.82) is 0 Å². The molecule has 2 saturated carbocycles. The van der Waals surface area contributed by atoms with E-state index in [-0.39, 0.29) is 23.7 Å². The van der Waals surface area contributed by atoms with Gasteiger partial charge in [-0.2, -0.15) is 0 Å². The number of ether oxygens (including phenoxy) is 2. The van der Waals surface area contributed by atoms with Crippen molar-refractivity contribution in [2.24, 2.45) is 11.8 Å². The molecule has 0 unspecified atom stereocenters. The molecule has 4 aliphatic rings. The van der Waals surface area contributed by atoms with Gasteiger partial charge in [-0.25, -0.2) is 38.7 Å². The number of hydrogen-bond donors (Lipinski definition) is 2. The van der Waals surface area contributed by atoms with Crippen LogP contribution in [0.5, 0.6) is 11.5 Å². The molecule has 2 aliphatic carbocycles. The van der Waals surface area contributed by atoms with Crippen LogP contribution in [0, 0.1) is 23.5 Å². The minimum atomic E-state index is -1.17. The highest BCUT2D eigenvalue weighted by atomic mass is 19.1. The second kappa shape index (κ2) is 18.3. The fraction of sp³-hybridized carbons (Fsp3) is 0.258. The first kappa shape index (κ1) is 47.5. The summed E-state index contributed by atoms with van der Waals surface area (Å²) in [5, 5.41) is 20.4. The summed E-state index contributed by atoms with van der Waals surface area (Å²) in [5.41, 5.74) is 7.14. The molecule has 6 atom stereocenters. The van der Waals surface area contributed by atoms with Crippen molar-refractivity contribution in [2.45, 2.75) is 88.9 Å². The average Bonchev–Trinajstić information content (AvgIpc) is 4.46. The number of benzene rings is 6. The number of imidazole rings is 2. The molecule has 6 aromatic carbocycles. The Balaban J connectivity index is 0.000000146. The Hall–Kier alpha value is -8.20. The van der Waals surface area contributed by atoms with Crippen LogP contribution in [0.1, 0.15) is 110 Å². The molecule has 14 rings (SSSR count). The van der Waals surface area contributed by atoms with E-state index in [1.54, 1.807) is 52.5 Å². The number of halogens is 2. The summed E-state index contributed by atoms with van der Waals surface area (Å²) in [5.74, 6) is 5.23. The van der Waals surface area contributed by atoms with Gasteiger partial charge in [-0.3, -0.25) is 0 Å². The van der Waals surface area contributed by atoms with Crippen LogP contribution in [0.2, 0.25) is 0 Å². The molecule has 76 heavy (non-hydrogen) atoms. The summed E-state index contributed by atoms with van der Waals surface area (Å²) >= 11 is 0. The summed E-state index contributed by atoms with van der Waals surface area (Å²) in [6, 6.07) is 43.6. The van der Waals surface area contributed by atoms with Crippen molar-refractivity contribution in [1.82, 2.24) is 39.0 Å². The summed E-state index contributed by atoms with van der Waals surface area (Å²) in [6.07, 6.45) is 8.40. The van der Waals surface area contributed by atoms with Gasteiger partial charge < -0.3 is 28.8 Å². The lowest BCUT2D eigenvalue weighted by Gasteiger charge is -2.21. The molecular formula is C62H54F2N8O4. The maximum absolute atomic E-state index is 15.3. The molecule has 14 heteroatoms. The monoisotopic (exact) mass is 1010 g/mol. The van der Waals surface area contributed by atoms with Gasteiger partial charge in [-0.05, 0) is 87.8 Å². The number of hydrogen-bond acceptors (Lipinski definition) is 10. The first-order valence-corrected chi connectivity index (χ1v) is 25.8. The third kappa shape index (κ3) is 8.55. The predicted octanol–water partition coefficient (Wildman–Crippen LogP) is 12.3. The Labute approximate surface area is 437 Å². The molecule has 0 amide bonds. The summed E-state index contributed by atoms with van der Waals surface area (Å²) in [6.45, 7) is 7.47. The first-order valence-electron chi connectivity index (χ1n) is 25.8. The molecule has 12 nitrogen and oxygen atoms in total. The molecule has 6 heterocycles. The van der Waals surface area contributed by atoms with Crippen molar-refractivity contribution in [3.8, 4) is 33.8 Å². The largest absolute Gasteiger partial charge is 0.489 e. The molecule has 0 saturated heterocycles. The number of para-hydroxylation sites is 2. The molecule has 2 N–H and O–H groups in total. The van der Waals surface area contributed by atoms with Gasteiger partial charge in [0.1, 0.15) is 59.2 Å². The molecule has 2 fully saturated rings. The Morgan fingerprint density at radius 2 is 0.882 bits per heavy atom. The standard InChI is InChI=1S/2C31H27FN4O2/c2*1-31(2,37)30-33-15-19(16-34-30)21-13-26-25(14-24(21)32)35-29-23-12-22(23)28(36(26)29)20-10-6-7-11-27(20)38-17-18-8-4-3-5-9-18/h2*3-11,13-16,22-23,28,37H,12,17H2,1-2H3/t22-,23+,28+;22-,23+,28-/m10/s1. The van der Waals surface area contributed by atoms with E-state index in [1.165, 1.54) is 12.1 Å². The van der Waals surface area contributed by atoms with E-state index in [9.17, 15) is 10.2 Å². The van der Waals surface area contributed by atoms with Crippen LogP contribution >= 0.6 is 0 Å². The van der Waals surface area contributed by atoms with Crippen LogP contribution in [0.4, 0.5) is 8.78 Å². The van der Waals surface area contributed by atoms with Gasteiger partial charge in [-0.15, -0.1) is 0 Å². The molecule has 2 aliphatic heterocycles. The van der Waals surface area contributed by atoms with Crippen molar-refractivity contribution < 1.29 is 28.5 Å².